The Hall–Kier alpha value is 0.220. The lowest BCUT2D eigenvalue weighted by Crippen LogP contribution is -2.61. The molecule has 9 atom stereocenters. The predicted molar refractivity (Wildman–Crippen MR) is 75.9 cm³/mol. The summed E-state index contributed by atoms with van der Waals surface area (Å²) in [5.41, 5.74) is 0. The van der Waals surface area contributed by atoms with Crippen molar-refractivity contribution in [2.24, 2.45) is 0 Å². The lowest BCUT2D eigenvalue weighted by atomic mass is 10.0. The van der Waals surface area contributed by atoms with Crippen LogP contribution in [0.5, 0.6) is 0 Å². The van der Waals surface area contributed by atoms with Gasteiger partial charge >= 0.3 is 0 Å². The Balaban J connectivity index is 2.18. The Morgan fingerprint density at radius 3 is 2.13 bits per heavy atom. The minimum atomic E-state index is -2.11. The van der Waals surface area contributed by atoms with Crippen molar-refractivity contribution >= 4 is 23.2 Å². The number of hydrogen-bond donors (Lipinski definition) is 6. The molecule has 0 spiro atoms. The molecule has 2 rings (SSSR count). The fraction of sp³-hybridized carbons (Fsp3) is 1.00. The normalized spacial score (nSPS) is 51.1. The monoisotopic (exact) mass is 378 g/mol. The van der Waals surface area contributed by atoms with Crippen molar-refractivity contribution in [1.29, 1.82) is 0 Å². The Kier molecular flexibility index (Phi) is 6.48. The van der Waals surface area contributed by atoms with Crippen LogP contribution in [0.1, 0.15) is 0 Å². The summed E-state index contributed by atoms with van der Waals surface area (Å²) in [6, 6.07) is 0. The van der Waals surface area contributed by atoms with Gasteiger partial charge in [-0.25, -0.2) is 0 Å². The zero-order chi connectivity index (χ0) is 17.4. The predicted octanol–water partition coefficient (Wildman–Crippen LogP) is -2.90. The number of hydrogen-bond acceptors (Lipinski definition) is 9. The number of aliphatic hydroxyl groups is 6. The number of halogens is 2. The topological polar surface area (TPSA) is 149 Å². The second-order valence-corrected chi connectivity index (χ2v) is 6.30. The molecule has 23 heavy (non-hydrogen) atoms. The van der Waals surface area contributed by atoms with E-state index < -0.39 is 67.3 Å². The van der Waals surface area contributed by atoms with E-state index >= 15 is 0 Å². The van der Waals surface area contributed by atoms with Gasteiger partial charge in [-0.05, 0) is 0 Å². The van der Waals surface area contributed by atoms with Crippen molar-refractivity contribution < 1.29 is 44.8 Å². The summed E-state index contributed by atoms with van der Waals surface area (Å²) in [6.45, 7) is -1.50. The van der Waals surface area contributed by atoms with Crippen LogP contribution in [0.25, 0.3) is 0 Å². The molecular weight excluding hydrogens is 359 g/mol. The quantitative estimate of drug-likeness (QED) is 0.277. The smallest absolute Gasteiger partial charge is 0.223 e. The van der Waals surface area contributed by atoms with Crippen LogP contribution in [0.4, 0.5) is 0 Å². The van der Waals surface area contributed by atoms with E-state index in [0.717, 1.165) is 0 Å². The third-order valence-corrected chi connectivity index (χ3v) is 4.77. The van der Waals surface area contributed by atoms with E-state index in [0.29, 0.717) is 0 Å². The number of aliphatic hydroxyl groups excluding tert-OH is 6. The molecule has 136 valence electrons. The average Bonchev–Trinajstić information content (AvgIpc) is 2.80. The molecule has 2 heterocycles. The molecule has 2 fully saturated rings. The number of ether oxygens (including phenoxy) is 3. The maximum atomic E-state index is 10.1. The average molecular weight is 379 g/mol. The van der Waals surface area contributed by atoms with Crippen LogP contribution in [0.3, 0.4) is 0 Å². The highest BCUT2D eigenvalue weighted by atomic mass is 35.5. The SMILES string of the molecule is OC[C@H]1OC(CO)(O[C@H]2O[C@H](CCl)[C@@H](O)[C@H](O)[C@@H]2Cl)[C@@H](O)[C@@H]1O. The summed E-state index contributed by atoms with van der Waals surface area (Å²) in [7, 11) is 0. The van der Waals surface area contributed by atoms with E-state index in [1.165, 1.54) is 0 Å². The van der Waals surface area contributed by atoms with Crippen molar-refractivity contribution in [3.63, 3.8) is 0 Å². The van der Waals surface area contributed by atoms with Gasteiger partial charge < -0.3 is 44.8 Å². The summed E-state index contributed by atoms with van der Waals surface area (Å²) in [5, 5.41) is 56.9. The van der Waals surface area contributed by atoms with Crippen LogP contribution in [-0.2, 0) is 14.2 Å². The maximum Gasteiger partial charge on any atom is 0.223 e. The van der Waals surface area contributed by atoms with Crippen LogP contribution in [0.15, 0.2) is 0 Å². The van der Waals surface area contributed by atoms with Gasteiger partial charge in [0.2, 0.25) is 5.79 Å². The molecule has 6 N–H and O–H groups in total. The van der Waals surface area contributed by atoms with Gasteiger partial charge in [-0.3, -0.25) is 0 Å². The Morgan fingerprint density at radius 1 is 1.00 bits per heavy atom. The van der Waals surface area contributed by atoms with Crippen molar-refractivity contribution in [3.8, 4) is 0 Å². The molecular formula is C12H20Cl2O9. The van der Waals surface area contributed by atoms with E-state index in [-0.39, 0.29) is 5.88 Å². The van der Waals surface area contributed by atoms with Crippen LogP contribution >= 0.6 is 23.2 Å². The Morgan fingerprint density at radius 2 is 1.65 bits per heavy atom. The zero-order valence-electron chi connectivity index (χ0n) is 11.9. The van der Waals surface area contributed by atoms with Crippen LogP contribution in [-0.4, -0.2) is 104 Å². The van der Waals surface area contributed by atoms with Gasteiger partial charge in [-0.1, -0.05) is 0 Å². The first kappa shape index (κ1) is 19.5. The van der Waals surface area contributed by atoms with E-state index in [4.69, 9.17) is 42.5 Å². The summed E-state index contributed by atoms with van der Waals surface area (Å²) >= 11 is 11.6. The molecule has 0 radical (unpaired) electrons. The van der Waals surface area contributed by atoms with Gasteiger partial charge in [0, 0.05) is 0 Å². The molecule has 2 aliphatic rings. The molecule has 9 nitrogen and oxygen atoms in total. The lowest BCUT2D eigenvalue weighted by molar-refractivity contribution is -0.357. The summed E-state index contributed by atoms with van der Waals surface area (Å²) < 4.78 is 15.9. The van der Waals surface area contributed by atoms with Gasteiger partial charge in [-0.15, -0.1) is 23.2 Å². The fourth-order valence-corrected chi connectivity index (χ4v) is 3.10. The molecule has 0 aromatic carbocycles. The highest BCUT2D eigenvalue weighted by Gasteiger charge is 2.58. The minimum absolute atomic E-state index is 0.168. The molecule has 0 saturated carbocycles. The Bertz CT molecular complexity index is 401. The van der Waals surface area contributed by atoms with E-state index in [2.05, 4.69) is 0 Å². The molecule has 2 saturated heterocycles. The molecule has 0 aromatic rings. The third kappa shape index (κ3) is 3.46. The molecule has 0 aromatic heterocycles. The second kappa shape index (κ2) is 7.63. The third-order valence-electron chi connectivity index (χ3n) is 4.00. The maximum absolute atomic E-state index is 10.1. The summed E-state index contributed by atoms with van der Waals surface area (Å²) in [4.78, 5) is 0. The lowest BCUT2D eigenvalue weighted by Gasteiger charge is -2.43. The minimum Gasteiger partial charge on any atom is -0.394 e. The van der Waals surface area contributed by atoms with Gasteiger partial charge in [0.1, 0.15) is 48.6 Å². The highest BCUT2D eigenvalue weighted by molar-refractivity contribution is 6.21. The summed E-state index contributed by atoms with van der Waals surface area (Å²) in [6.07, 6.45) is -9.57. The van der Waals surface area contributed by atoms with Gasteiger partial charge in [0.05, 0.1) is 12.5 Å². The molecule has 0 bridgehead atoms. The first-order chi connectivity index (χ1) is 10.8. The molecule has 0 aliphatic carbocycles. The zero-order valence-corrected chi connectivity index (χ0v) is 13.4. The molecule has 2 aliphatic heterocycles. The van der Waals surface area contributed by atoms with E-state index in [1.54, 1.807) is 0 Å². The first-order valence-corrected chi connectivity index (χ1v) is 7.93. The standard InChI is InChI=1S/C12H20Cl2O9/c13-1-4-7(17)9(19)6(14)11(21-4)23-12(3-16)10(20)8(18)5(2-15)22-12/h4-11,15-20H,1-3H2/t4-,5-,6+,7-,8-,9-,10+,11-,12?/m1/s1. The highest BCUT2D eigenvalue weighted by Crippen LogP contribution is 2.37. The van der Waals surface area contributed by atoms with E-state index in [1.807, 2.05) is 0 Å². The van der Waals surface area contributed by atoms with Crippen LogP contribution < -0.4 is 0 Å². The second-order valence-electron chi connectivity index (χ2n) is 5.48. The first-order valence-electron chi connectivity index (χ1n) is 6.96. The van der Waals surface area contributed by atoms with Crippen molar-refractivity contribution in [2.75, 3.05) is 19.1 Å². The van der Waals surface area contributed by atoms with Crippen molar-refractivity contribution in [3.05, 3.63) is 0 Å². The van der Waals surface area contributed by atoms with Gasteiger partial charge in [0.15, 0.2) is 6.29 Å². The van der Waals surface area contributed by atoms with E-state index in [9.17, 15) is 25.5 Å². The molecule has 1 unspecified atom stereocenters. The fourth-order valence-electron chi connectivity index (χ4n) is 2.58. The van der Waals surface area contributed by atoms with Crippen LogP contribution in [0.2, 0.25) is 0 Å². The summed E-state index contributed by atoms with van der Waals surface area (Å²) in [5.74, 6) is -2.28. The van der Waals surface area contributed by atoms with Crippen molar-refractivity contribution in [2.45, 2.75) is 54.1 Å². The van der Waals surface area contributed by atoms with Crippen LogP contribution in [0, 0.1) is 0 Å². The van der Waals surface area contributed by atoms with Gasteiger partial charge in [-0.2, -0.15) is 0 Å². The Labute approximate surface area is 141 Å². The largest absolute Gasteiger partial charge is 0.394 e. The number of rotatable bonds is 5. The van der Waals surface area contributed by atoms with Gasteiger partial charge in [0.25, 0.3) is 0 Å². The van der Waals surface area contributed by atoms with Crippen molar-refractivity contribution in [1.82, 2.24) is 0 Å². The molecule has 11 heteroatoms. The molecule has 0 amide bonds. The number of alkyl halides is 2.